The highest BCUT2D eigenvalue weighted by Gasteiger charge is 2.17. The summed E-state index contributed by atoms with van der Waals surface area (Å²) >= 11 is 2.57. The molecule has 1 rings (SSSR count). The fourth-order valence-electron chi connectivity index (χ4n) is 0.982. The van der Waals surface area contributed by atoms with Crippen LogP contribution in [-0.4, -0.2) is 40.2 Å². The third-order valence-electron chi connectivity index (χ3n) is 2.05. The topological polar surface area (TPSA) is 81.2 Å². The second-order valence-corrected chi connectivity index (χ2v) is 5.76. The Bertz CT molecular complexity index is 422. The molecule has 0 saturated heterocycles. The maximum absolute atomic E-state index is 11.8. The number of nitrogens with one attached hydrogen (secondary N) is 1. The van der Waals surface area contributed by atoms with Crippen molar-refractivity contribution in [1.29, 1.82) is 0 Å². The molecule has 1 amide bonds. The van der Waals surface area contributed by atoms with Crippen LogP contribution in [0.1, 0.15) is 18.9 Å². The summed E-state index contributed by atoms with van der Waals surface area (Å²) in [4.78, 5) is 22.7. The first-order valence-corrected chi connectivity index (χ1v) is 7.25. The summed E-state index contributed by atoms with van der Waals surface area (Å²) in [6, 6.07) is 0. The van der Waals surface area contributed by atoms with E-state index < -0.39 is 0 Å². The highest BCUT2D eigenvalue weighted by molar-refractivity contribution is 8.01. The van der Waals surface area contributed by atoms with Gasteiger partial charge < -0.3 is 4.74 Å². The van der Waals surface area contributed by atoms with Gasteiger partial charge in [-0.05, 0) is 13.3 Å². The van der Waals surface area contributed by atoms with Gasteiger partial charge in [-0.15, -0.1) is 22.0 Å². The van der Waals surface area contributed by atoms with E-state index in [1.807, 2.05) is 6.92 Å². The normalized spacial score (nSPS) is 11.9. The number of hydrogen-bond donors (Lipinski definition) is 1. The number of carbonyl (C=O) groups excluding carboxylic acids is 2. The summed E-state index contributed by atoms with van der Waals surface area (Å²) in [5.41, 5.74) is 0. The number of anilines is 1. The summed E-state index contributed by atoms with van der Waals surface area (Å²) in [5.74, 6) is -0.381. The van der Waals surface area contributed by atoms with Crippen LogP contribution < -0.4 is 5.32 Å². The van der Waals surface area contributed by atoms with Crippen molar-refractivity contribution in [2.45, 2.75) is 25.5 Å². The lowest BCUT2D eigenvalue weighted by molar-refractivity contribution is -0.137. The smallest absolute Gasteiger partial charge is 0.315 e. The van der Waals surface area contributed by atoms with E-state index in [9.17, 15) is 9.59 Å². The van der Waals surface area contributed by atoms with E-state index in [1.165, 1.54) is 30.2 Å². The molecule has 6 nitrogen and oxygen atoms in total. The van der Waals surface area contributed by atoms with Gasteiger partial charge in [0.05, 0.1) is 18.1 Å². The molecule has 0 aromatic carbocycles. The highest BCUT2D eigenvalue weighted by atomic mass is 32.2. The van der Waals surface area contributed by atoms with Crippen molar-refractivity contribution in [2.75, 3.05) is 18.2 Å². The molecule has 1 aromatic rings. The molecule has 1 N–H and O–H groups in total. The summed E-state index contributed by atoms with van der Waals surface area (Å²) < 4.78 is 4.50. The Balaban J connectivity index is 2.42. The Morgan fingerprint density at radius 3 is 2.78 bits per heavy atom. The van der Waals surface area contributed by atoms with Crippen molar-refractivity contribution in [1.82, 2.24) is 10.2 Å². The van der Waals surface area contributed by atoms with Crippen LogP contribution in [0.15, 0.2) is 0 Å². The molecule has 1 unspecified atom stereocenters. The average Bonchev–Trinajstić information content (AvgIpc) is 2.82. The lowest BCUT2D eigenvalue weighted by Gasteiger charge is -2.08. The number of esters is 1. The van der Waals surface area contributed by atoms with Crippen molar-refractivity contribution in [3.8, 4) is 0 Å². The maximum Gasteiger partial charge on any atom is 0.315 e. The number of hydrogen-bond acceptors (Lipinski definition) is 7. The number of ether oxygens (including phenoxy) is 1. The quantitative estimate of drug-likeness (QED) is 0.796. The number of aromatic nitrogens is 2. The number of carbonyl (C=O) groups is 2. The number of aryl methyl sites for hydroxylation is 1. The molecule has 1 heterocycles. The van der Waals surface area contributed by atoms with Crippen molar-refractivity contribution in [2.24, 2.45) is 0 Å². The van der Waals surface area contributed by atoms with Gasteiger partial charge in [-0.25, -0.2) is 0 Å². The SMILES string of the molecule is CCc1nnc(NC(=O)C(C)SCC(=O)OC)s1. The molecular weight excluding hydrogens is 274 g/mol. The molecular formula is C10H15N3O3S2. The van der Waals surface area contributed by atoms with Gasteiger partial charge >= 0.3 is 5.97 Å². The first kappa shape index (κ1) is 14.9. The van der Waals surface area contributed by atoms with Gasteiger partial charge in [0.15, 0.2) is 0 Å². The van der Waals surface area contributed by atoms with Crippen LogP contribution in [0.5, 0.6) is 0 Å². The van der Waals surface area contributed by atoms with Crippen LogP contribution in [0.3, 0.4) is 0 Å². The first-order valence-electron chi connectivity index (χ1n) is 5.38. The number of rotatable bonds is 6. The van der Waals surface area contributed by atoms with E-state index in [0.717, 1.165) is 11.4 Å². The Hall–Kier alpha value is -1.15. The summed E-state index contributed by atoms with van der Waals surface area (Å²) in [5, 5.41) is 11.4. The predicted octanol–water partition coefficient (Wildman–Crippen LogP) is 1.33. The van der Waals surface area contributed by atoms with E-state index in [4.69, 9.17) is 0 Å². The lowest BCUT2D eigenvalue weighted by atomic mass is 10.4. The van der Waals surface area contributed by atoms with E-state index >= 15 is 0 Å². The van der Waals surface area contributed by atoms with Crippen LogP contribution in [0.4, 0.5) is 5.13 Å². The number of thioether (sulfide) groups is 1. The van der Waals surface area contributed by atoms with E-state index in [2.05, 4.69) is 20.3 Å². The number of amides is 1. The number of nitrogens with zero attached hydrogens (tertiary/aromatic N) is 2. The van der Waals surface area contributed by atoms with Crippen molar-refractivity contribution in [3.63, 3.8) is 0 Å². The van der Waals surface area contributed by atoms with Gasteiger partial charge in [-0.1, -0.05) is 18.3 Å². The zero-order valence-corrected chi connectivity index (χ0v) is 12.1. The molecule has 0 saturated carbocycles. The largest absolute Gasteiger partial charge is 0.468 e. The Kier molecular flexibility index (Phi) is 6.06. The van der Waals surface area contributed by atoms with E-state index in [1.54, 1.807) is 6.92 Å². The molecule has 0 aliphatic rings. The van der Waals surface area contributed by atoms with Gasteiger partial charge in [-0.2, -0.15) is 0 Å². The van der Waals surface area contributed by atoms with Crippen LogP contribution in [0, 0.1) is 0 Å². The van der Waals surface area contributed by atoms with Crippen molar-refractivity contribution < 1.29 is 14.3 Å². The zero-order valence-electron chi connectivity index (χ0n) is 10.4. The molecule has 0 aliphatic carbocycles. The zero-order chi connectivity index (χ0) is 13.5. The fraction of sp³-hybridized carbons (Fsp3) is 0.600. The van der Waals surface area contributed by atoms with Crippen LogP contribution in [-0.2, 0) is 20.7 Å². The number of methoxy groups -OCH3 is 1. The molecule has 0 radical (unpaired) electrons. The molecule has 1 aromatic heterocycles. The maximum atomic E-state index is 11.8. The van der Waals surface area contributed by atoms with Gasteiger partial charge in [0, 0.05) is 0 Å². The Labute approximate surface area is 114 Å². The third kappa shape index (κ3) is 4.61. The second kappa shape index (κ2) is 7.32. The Morgan fingerprint density at radius 1 is 1.50 bits per heavy atom. The summed E-state index contributed by atoms with van der Waals surface area (Å²) in [6.07, 6.45) is 0.792. The standard InChI is InChI=1S/C10H15N3O3S2/c1-4-7-12-13-10(18-7)11-9(15)6(2)17-5-8(14)16-3/h6H,4-5H2,1-3H3,(H,11,13,15). The average molecular weight is 289 g/mol. The predicted molar refractivity (Wildman–Crippen MR) is 71.9 cm³/mol. The molecule has 0 spiro atoms. The van der Waals surface area contributed by atoms with Crippen molar-refractivity contribution in [3.05, 3.63) is 5.01 Å². The molecule has 0 fully saturated rings. The monoisotopic (exact) mass is 289 g/mol. The Morgan fingerprint density at radius 2 is 2.22 bits per heavy atom. The molecule has 0 bridgehead atoms. The summed E-state index contributed by atoms with van der Waals surface area (Å²) in [7, 11) is 1.32. The summed E-state index contributed by atoms with van der Waals surface area (Å²) in [6.45, 7) is 3.70. The fourth-order valence-corrected chi connectivity index (χ4v) is 2.38. The van der Waals surface area contributed by atoms with Crippen LogP contribution in [0.25, 0.3) is 0 Å². The van der Waals surface area contributed by atoms with Gasteiger partial charge in [0.1, 0.15) is 5.01 Å². The van der Waals surface area contributed by atoms with E-state index in [0.29, 0.717) is 5.13 Å². The minimum absolute atomic E-state index is 0.154. The van der Waals surface area contributed by atoms with Crippen LogP contribution >= 0.6 is 23.1 Å². The third-order valence-corrected chi connectivity index (χ3v) is 4.15. The van der Waals surface area contributed by atoms with Gasteiger partial charge in [-0.3, -0.25) is 14.9 Å². The minimum atomic E-state index is -0.349. The van der Waals surface area contributed by atoms with Crippen LogP contribution in [0.2, 0.25) is 0 Å². The lowest BCUT2D eigenvalue weighted by Crippen LogP contribution is -2.23. The molecule has 100 valence electrons. The highest BCUT2D eigenvalue weighted by Crippen LogP contribution is 2.18. The van der Waals surface area contributed by atoms with Crippen molar-refractivity contribution >= 4 is 40.1 Å². The molecule has 8 heteroatoms. The first-order chi connectivity index (χ1) is 8.56. The molecule has 0 aliphatic heterocycles. The molecule has 18 heavy (non-hydrogen) atoms. The minimum Gasteiger partial charge on any atom is -0.468 e. The van der Waals surface area contributed by atoms with Gasteiger partial charge in [0.25, 0.3) is 0 Å². The second-order valence-electron chi connectivity index (χ2n) is 3.37. The van der Waals surface area contributed by atoms with Gasteiger partial charge in [0.2, 0.25) is 11.0 Å². The molecule has 1 atom stereocenters. The van der Waals surface area contributed by atoms with E-state index in [-0.39, 0.29) is 22.9 Å².